The fourth-order valence-corrected chi connectivity index (χ4v) is 3.05. The SMILES string of the molecule is CN(CC1(O)CCCC1)C(=O)NC1COCC1(C)C(=O)O. The van der Waals surface area contributed by atoms with Crippen molar-refractivity contribution in [3.63, 3.8) is 0 Å². The van der Waals surface area contributed by atoms with E-state index in [1.165, 1.54) is 4.90 Å². The Morgan fingerprint density at radius 2 is 2.00 bits per heavy atom. The van der Waals surface area contributed by atoms with Crippen LogP contribution in [0.15, 0.2) is 0 Å². The predicted molar refractivity (Wildman–Crippen MR) is 74.9 cm³/mol. The van der Waals surface area contributed by atoms with Crippen LogP contribution >= 0.6 is 0 Å². The van der Waals surface area contributed by atoms with Gasteiger partial charge in [0.15, 0.2) is 0 Å². The molecule has 1 saturated heterocycles. The maximum atomic E-state index is 12.2. The summed E-state index contributed by atoms with van der Waals surface area (Å²) in [5.74, 6) is -0.984. The first-order valence-corrected chi connectivity index (χ1v) is 7.32. The number of carboxylic acid groups (broad SMARTS) is 1. The number of urea groups is 1. The van der Waals surface area contributed by atoms with Gasteiger partial charge in [-0.1, -0.05) is 12.8 Å². The molecule has 1 aliphatic heterocycles. The number of rotatable bonds is 4. The lowest BCUT2D eigenvalue weighted by Gasteiger charge is -2.31. The first-order valence-electron chi connectivity index (χ1n) is 7.32. The number of aliphatic hydroxyl groups is 1. The standard InChI is InChI=1S/C14H24N2O5/c1-13(11(17)18)9-21-7-10(13)15-12(19)16(2)8-14(20)5-3-4-6-14/h10,20H,3-9H2,1-2H3,(H,15,19)(H,17,18). The Bertz CT molecular complexity index is 422. The molecule has 0 aromatic carbocycles. The summed E-state index contributed by atoms with van der Waals surface area (Å²) >= 11 is 0. The maximum Gasteiger partial charge on any atom is 0.317 e. The van der Waals surface area contributed by atoms with Crippen molar-refractivity contribution >= 4 is 12.0 Å². The van der Waals surface area contributed by atoms with Crippen LogP contribution in [0.2, 0.25) is 0 Å². The molecular weight excluding hydrogens is 276 g/mol. The summed E-state index contributed by atoms with van der Waals surface area (Å²) in [6.45, 7) is 2.10. The third-order valence-electron chi connectivity index (χ3n) is 4.65. The molecule has 7 nitrogen and oxygen atoms in total. The number of carbonyl (C=O) groups excluding carboxylic acids is 1. The van der Waals surface area contributed by atoms with Crippen LogP contribution in [0.25, 0.3) is 0 Å². The molecule has 2 fully saturated rings. The third kappa shape index (κ3) is 3.29. The van der Waals surface area contributed by atoms with Crippen molar-refractivity contribution in [2.45, 2.75) is 44.2 Å². The van der Waals surface area contributed by atoms with E-state index in [2.05, 4.69) is 5.32 Å². The molecule has 2 rings (SSSR count). The van der Waals surface area contributed by atoms with Crippen LogP contribution in [0.4, 0.5) is 4.79 Å². The number of hydrogen-bond acceptors (Lipinski definition) is 4. The van der Waals surface area contributed by atoms with Gasteiger partial charge in [0.1, 0.15) is 5.41 Å². The molecule has 120 valence electrons. The number of carbonyl (C=O) groups is 2. The van der Waals surface area contributed by atoms with E-state index in [0.29, 0.717) is 12.8 Å². The number of nitrogens with zero attached hydrogens (tertiary/aromatic N) is 1. The van der Waals surface area contributed by atoms with E-state index in [1.807, 2.05) is 0 Å². The average molecular weight is 300 g/mol. The van der Waals surface area contributed by atoms with E-state index in [1.54, 1.807) is 14.0 Å². The second-order valence-electron chi connectivity index (χ2n) is 6.53. The Kier molecular flexibility index (Phi) is 4.43. The lowest BCUT2D eigenvalue weighted by Crippen LogP contribution is -2.54. The van der Waals surface area contributed by atoms with Crippen LogP contribution < -0.4 is 5.32 Å². The normalized spacial score (nSPS) is 31.1. The van der Waals surface area contributed by atoms with Gasteiger partial charge in [0.25, 0.3) is 0 Å². The number of nitrogens with one attached hydrogen (secondary N) is 1. The number of aliphatic carboxylic acids is 1. The van der Waals surface area contributed by atoms with Crippen molar-refractivity contribution in [1.82, 2.24) is 10.2 Å². The lowest BCUT2D eigenvalue weighted by atomic mass is 9.85. The fourth-order valence-electron chi connectivity index (χ4n) is 3.05. The molecule has 3 N–H and O–H groups in total. The van der Waals surface area contributed by atoms with Gasteiger partial charge >= 0.3 is 12.0 Å². The summed E-state index contributed by atoms with van der Waals surface area (Å²) in [5, 5.41) is 22.3. The summed E-state index contributed by atoms with van der Waals surface area (Å²) in [6, 6.07) is -0.943. The second kappa shape index (κ2) is 5.81. The van der Waals surface area contributed by atoms with E-state index < -0.39 is 23.0 Å². The monoisotopic (exact) mass is 300 g/mol. The first-order chi connectivity index (χ1) is 9.77. The van der Waals surface area contributed by atoms with Gasteiger partial charge in [-0.05, 0) is 19.8 Å². The summed E-state index contributed by atoms with van der Waals surface area (Å²) in [5.41, 5.74) is -1.92. The van der Waals surface area contributed by atoms with Gasteiger partial charge in [-0.25, -0.2) is 4.79 Å². The molecule has 2 aliphatic rings. The number of amides is 2. The lowest BCUT2D eigenvalue weighted by molar-refractivity contribution is -0.148. The highest BCUT2D eigenvalue weighted by atomic mass is 16.5. The van der Waals surface area contributed by atoms with Gasteiger partial charge < -0.3 is 25.2 Å². The average Bonchev–Trinajstić information content (AvgIpc) is 2.98. The minimum Gasteiger partial charge on any atom is -0.481 e. The molecule has 7 heteroatoms. The molecule has 2 unspecified atom stereocenters. The van der Waals surface area contributed by atoms with Crippen molar-refractivity contribution in [3.8, 4) is 0 Å². The third-order valence-corrected chi connectivity index (χ3v) is 4.65. The molecule has 21 heavy (non-hydrogen) atoms. The van der Waals surface area contributed by atoms with Crippen molar-refractivity contribution in [3.05, 3.63) is 0 Å². The number of carboxylic acids is 1. The largest absolute Gasteiger partial charge is 0.481 e. The van der Waals surface area contributed by atoms with Crippen LogP contribution in [0.1, 0.15) is 32.6 Å². The summed E-state index contributed by atoms with van der Waals surface area (Å²) in [4.78, 5) is 24.9. The minimum absolute atomic E-state index is 0.0843. The number of ether oxygens (including phenoxy) is 1. The Morgan fingerprint density at radius 3 is 2.57 bits per heavy atom. The van der Waals surface area contributed by atoms with Crippen molar-refractivity contribution in [2.24, 2.45) is 5.41 Å². The predicted octanol–water partition coefficient (Wildman–Crippen LogP) is 0.423. The summed E-state index contributed by atoms with van der Waals surface area (Å²) in [6.07, 6.45) is 3.34. The van der Waals surface area contributed by atoms with E-state index in [9.17, 15) is 19.8 Å². The second-order valence-corrected chi connectivity index (χ2v) is 6.53. The Balaban J connectivity index is 1.93. The molecule has 1 heterocycles. The Labute approximate surface area is 124 Å². The van der Waals surface area contributed by atoms with Gasteiger partial charge in [-0.15, -0.1) is 0 Å². The van der Waals surface area contributed by atoms with Gasteiger partial charge in [0.2, 0.25) is 0 Å². The van der Waals surface area contributed by atoms with Gasteiger partial charge in [-0.3, -0.25) is 4.79 Å². The molecule has 0 bridgehead atoms. The highest BCUT2D eigenvalue weighted by Gasteiger charge is 2.47. The highest BCUT2D eigenvalue weighted by molar-refractivity contribution is 5.79. The van der Waals surface area contributed by atoms with Crippen molar-refractivity contribution in [2.75, 3.05) is 26.8 Å². The Morgan fingerprint density at radius 1 is 1.38 bits per heavy atom. The van der Waals surface area contributed by atoms with Gasteiger partial charge in [0, 0.05) is 7.05 Å². The van der Waals surface area contributed by atoms with E-state index >= 15 is 0 Å². The van der Waals surface area contributed by atoms with Crippen LogP contribution in [-0.2, 0) is 9.53 Å². The van der Waals surface area contributed by atoms with Crippen LogP contribution in [0, 0.1) is 5.41 Å². The van der Waals surface area contributed by atoms with Crippen LogP contribution in [0.3, 0.4) is 0 Å². The smallest absolute Gasteiger partial charge is 0.317 e. The zero-order valence-electron chi connectivity index (χ0n) is 12.6. The summed E-state index contributed by atoms with van der Waals surface area (Å²) in [7, 11) is 1.61. The van der Waals surface area contributed by atoms with Crippen LogP contribution in [0.5, 0.6) is 0 Å². The van der Waals surface area contributed by atoms with Gasteiger partial charge in [-0.2, -0.15) is 0 Å². The molecule has 0 aromatic rings. The van der Waals surface area contributed by atoms with Crippen molar-refractivity contribution in [1.29, 1.82) is 0 Å². The van der Waals surface area contributed by atoms with E-state index in [4.69, 9.17) is 4.74 Å². The molecule has 0 aromatic heterocycles. The van der Waals surface area contributed by atoms with Crippen molar-refractivity contribution < 1.29 is 24.5 Å². The first kappa shape index (κ1) is 16.0. The number of hydrogen-bond donors (Lipinski definition) is 3. The molecular formula is C14H24N2O5. The molecule has 1 aliphatic carbocycles. The molecule has 0 radical (unpaired) electrons. The maximum absolute atomic E-state index is 12.2. The quantitative estimate of drug-likeness (QED) is 0.699. The highest BCUT2D eigenvalue weighted by Crippen LogP contribution is 2.31. The minimum atomic E-state index is -1.11. The fraction of sp³-hybridized carbons (Fsp3) is 0.857. The summed E-state index contributed by atoms with van der Waals surface area (Å²) < 4.78 is 5.20. The van der Waals surface area contributed by atoms with Crippen LogP contribution in [-0.4, -0.2) is 65.6 Å². The molecule has 2 amide bonds. The molecule has 0 spiro atoms. The Hall–Kier alpha value is -1.34. The van der Waals surface area contributed by atoms with E-state index in [-0.39, 0.29) is 25.8 Å². The number of likely N-dealkylation sites (N-methyl/N-ethyl adjacent to an activating group) is 1. The zero-order chi connectivity index (χ0) is 15.7. The van der Waals surface area contributed by atoms with Gasteiger partial charge in [0.05, 0.1) is 31.4 Å². The molecule has 1 saturated carbocycles. The molecule has 2 atom stereocenters. The zero-order valence-corrected chi connectivity index (χ0v) is 12.6. The van der Waals surface area contributed by atoms with E-state index in [0.717, 1.165) is 12.8 Å². The topological polar surface area (TPSA) is 99.1 Å².